The number of nitrogens with one attached hydrogen (secondary N) is 1. The summed E-state index contributed by atoms with van der Waals surface area (Å²) < 4.78 is 5.34. The van der Waals surface area contributed by atoms with Crippen LogP contribution in [0, 0.1) is 0 Å². The SMILES string of the molecule is CC(CCN=C(N)Nc1ccccc1)N(C)C(=O)OC(C)(C)C. The fourth-order valence-corrected chi connectivity index (χ4v) is 1.79. The van der Waals surface area contributed by atoms with Gasteiger partial charge in [-0.1, -0.05) is 18.2 Å². The second kappa shape index (κ2) is 8.41. The predicted octanol–water partition coefficient (Wildman–Crippen LogP) is 3.06. The third-order valence-electron chi connectivity index (χ3n) is 3.22. The van der Waals surface area contributed by atoms with Crippen molar-refractivity contribution < 1.29 is 9.53 Å². The fraction of sp³-hybridized carbons (Fsp3) is 0.529. The van der Waals surface area contributed by atoms with Crippen LogP contribution in [0.1, 0.15) is 34.1 Å². The Morgan fingerprint density at radius 1 is 1.35 bits per heavy atom. The van der Waals surface area contributed by atoms with E-state index in [1.165, 1.54) is 0 Å². The van der Waals surface area contributed by atoms with Crippen LogP contribution in [0.3, 0.4) is 0 Å². The number of nitrogens with zero attached hydrogens (tertiary/aromatic N) is 2. The predicted molar refractivity (Wildman–Crippen MR) is 94.6 cm³/mol. The van der Waals surface area contributed by atoms with Crippen molar-refractivity contribution in [3.8, 4) is 0 Å². The van der Waals surface area contributed by atoms with Crippen LogP contribution in [0.2, 0.25) is 0 Å². The van der Waals surface area contributed by atoms with Gasteiger partial charge in [-0.15, -0.1) is 0 Å². The van der Waals surface area contributed by atoms with Gasteiger partial charge in [0.15, 0.2) is 5.96 Å². The van der Waals surface area contributed by atoms with Gasteiger partial charge in [0.2, 0.25) is 0 Å². The van der Waals surface area contributed by atoms with Crippen molar-refractivity contribution in [2.75, 3.05) is 18.9 Å². The van der Waals surface area contributed by atoms with Gasteiger partial charge in [0.25, 0.3) is 0 Å². The zero-order chi connectivity index (χ0) is 17.5. The van der Waals surface area contributed by atoms with Crippen molar-refractivity contribution in [3.63, 3.8) is 0 Å². The maximum absolute atomic E-state index is 12.0. The third-order valence-corrected chi connectivity index (χ3v) is 3.22. The molecule has 0 radical (unpaired) electrons. The van der Waals surface area contributed by atoms with E-state index in [1.54, 1.807) is 11.9 Å². The Kier molecular flexibility index (Phi) is 6.88. The molecule has 0 heterocycles. The lowest BCUT2D eigenvalue weighted by Gasteiger charge is -2.28. The molecule has 0 aliphatic rings. The minimum absolute atomic E-state index is 0.0122. The highest BCUT2D eigenvalue weighted by molar-refractivity contribution is 5.92. The molecule has 0 aliphatic carbocycles. The van der Waals surface area contributed by atoms with E-state index in [0.29, 0.717) is 18.9 Å². The second-order valence-corrected chi connectivity index (χ2v) is 6.49. The topological polar surface area (TPSA) is 80.0 Å². The number of aliphatic imine (C=N–C) groups is 1. The molecule has 0 spiro atoms. The molecule has 6 heteroatoms. The fourth-order valence-electron chi connectivity index (χ4n) is 1.79. The number of guanidine groups is 1. The molecule has 1 aromatic carbocycles. The van der Waals surface area contributed by atoms with Crippen molar-refractivity contribution in [2.24, 2.45) is 10.7 Å². The van der Waals surface area contributed by atoms with Crippen molar-refractivity contribution in [2.45, 2.75) is 45.8 Å². The minimum Gasteiger partial charge on any atom is -0.444 e. The van der Waals surface area contributed by atoms with Crippen LogP contribution in [-0.4, -0.2) is 42.2 Å². The number of hydrogen-bond acceptors (Lipinski definition) is 3. The van der Waals surface area contributed by atoms with Gasteiger partial charge in [-0.25, -0.2) is 4.79 Å². The molecule has 0 aliphatic heterocycles. The number of benzene rings is 1. The summed E-state index contributed by atoms with van der Waals surface area (Å²) in [6, 6.07) is 9.63. The Bertz CT molecular complexity index is 523. The molecule has 1 rings (SSSR count). The van der Waals surface area contributed by atoms with E-state index in [2.05, 4.69) is 10.3 Å². The monoisotopic (exact) mass is 320 g/mol. The maximum Gasteiger partial charge on any atom is 0.410 e. The van der Waals surface area contributed by atoms with Crippen LogP contribution in [-0.2, 0) is 4.74 Å². The molecular formula is C17H28N4O2. The van der Waals surface area contributed by atoms with Crippen LogP contribution in [0.15, 0.2) is 35.3 Å². The van der Waals surface area contributed by atoms with Crippen LogP contribution < -0.4 is 11.1 Å². The summed E-state index contributed by atoms with van der Waals surface area (Å²) in [5, 5.41) is 3.02. The van der Waals surface area contributed by atoms with Gasteiger partial charge in [-0.3, -0.25) is 4.99 Å². The number of amides is 1. The summed E-state index contributed by atoms with van der Waals surface area (Å²) in [6.45, 7) is 8.04. The van der Waals surface area contributed by atoms with E-state index in [0.717, 1.165) is 5.69 Å². The number of hydrogen-bond donors (Lipinski definition) is 2. The lowest BCUT2D eigenvalue weighted by Crippen LogP contribution is -2.39. The summed E-state index contributed by atoms with van der Waals surface area (Å²) in [5.41, 5.74) is 6.25. The number of rotatable bonds is 5. The van der Waals surface area contributed by atoms with Gasteiger partial charge in [-0.05, 0) is 46.2 Å². The van der Waals surface area contributed by atoms with Gasteiger partial charge in [0.1, 0.15) is 5.60 Å². The highest BCUT2D eigenvalue weighted by atomic mass is 16.6. The first kappa shape index (κ1) is 18.8. The van der Waals surface area contributed by atoms with Crippen LogP contribution in [0.25, 0.3) is 0 Å². The zero-order valence-electron chi connectivity index (χ0n) is 14.7. The van der Waals surface area contributed by atoms with Gasteiger partial charge >= 0.3 is 6.09 Å². The molecular weight excluding hydrogens is 292 g/mol. The summed E-state index contributed by atoms with van der Waals surface area (Å²) in [6.07, 6.45) is 0.372. The third kappa shape index (κ3) is 7.54. The largest absolute Gasteiger partial charge is 0.444 e. The average Bonchev–Trinajstić information content (AvgIpc) is 2.45. The number of carbonyl (C=O) groups is 1. The van der Waals surface area contributed by atoms with Gasteiger partial charge in [0, 0.05) is 25.3 Å². The van der Waals surface area contributed by atoms with E-state index in [4.69, 9.17) is 10.5 Å². The van der Waals surface area contributed by atoms with Gasteiger partial charge < -0.3 is 20.7 Å². The highest BCUT2D eigenvalue weighted by Gasteiger charge is 2.22. The van der Waals surface area contributed by atoms with Crippen molar-refractivity contribution in [1.29, 1.82) is 0 Å². The maximum atomic E-state index is 12.0. The van der Waals surface area contributed by atoms with Crippen molar-refractivity contribution in [3.05, 3.63) is 30.3 Å². The number of carbonyl (C=O) groups excluding carboxylic acids is 1. The molecule has 0 saturated carbocycles. The van der Waals surface area contributed by atoms with Crippen molar-refractivity contribution >= 4 is 17.7 Å². The Hall–Kier alpha value is -2.24. The average molecular weight is 320 g/mol. The minimum atomic E-state index is -0.493. The van der Waals surface area contributed by atoms with Gasteiger partial charge in [0.05, 0.1) is 0 Å². The smallest absolute Gasteiger partial charge is 0.410 e. The molecule has 1 atom stereocenters. The summed E-state index contributed by atoms with van der Waals surface area (Å²) in [7, 11) is 1.73. The Morgan fingerprint density at radius 3 is 2.52 bits per heavy atom. The molecule has 0 saturated heterocycles. The standard InChI is InChI=1S/C17H28N4O2/c1-13(21(5)16(22)23-17(2,3)4)11-12-19-15(18)20-14-9-7-6-8-10-14/h6-10,13H,11-12H2,1-5H3,(H3,18,19,20). The number of nitrogens with two attached hydrogens (primary N) is 1. The molecule has 1 unspecified atom stereocenters. The lowest BCUT2D eigenvalue weighted by molar-refractivity contribution is 0.0231. The Labute approximate surface area is 138 Å². The molecule has 1 aromatic rings. The molecule has 3 N–H and O–H groups in total. The normalized spacial score (nSPS) is 13.3. The molecule has 6 nitrogen and oxygen atoms in total. The molecule has 1 amide bonds. The molecule has 0 aromatic heterocycles. The number of ether oxygens (including phenoxy) is 1. The Morgan fingerprint density at radius 2 is 1.96 bits per heavy atom. The lowest BCUT2D eigenvalue weighted by atomic mass is 10.2. The first-order valence-corrected chi connectivity index (χ1v) is 7.77. The summed E-state index contributed by atoms with van der Waals surface area (Å²) in [5.74, 6) is 0.364. The van der Waals surface area contributed by atoms with Crippen LogP contribution in [0.5, 0.6) is 0 Å². The molecule has 23 heavy (non-hydrogen) atoms. The number of para-hydroxylation sites is 1. The summed E-state index contributed by atoms with van der Waals surface area (Å²) >= 11 is 0. The molecule has 0 fully saturated rings. The van der Waals surface area contributed by atoms with Crippen molar-refractivity contribution in [1.82, 2.24) is 4.90 Å². The molecule has 128 valence electrons. The van der Waals surface area contributed by atoms with E-state index in [-0.39, 0.29) is 12.1 Å². The van der Waals surface area contributed by atoms with E-state index < -0.39 is 5.60 Å². The van der Waals surface area contributed by atoms with Crippen LogP contribution in [0.4, 0.5) is 10.5 Å². The van der Waals surface area contributed by atoms with Crippen LogP contribution >= 0.6 is 0 Å². The van der Waals surface area contributed by atoms with E-state index in [9.17, 15) is 4.79 Å². The number of anilines is 1. The quantitative estimate of drug-likeness (QED) is 0.645. The van der Waals surface area contributed by atoms with Gasteiger partial charge in [-0.2, -0.15) is 0 Å². The van der Waals surface area contributed by atoms with E-state index in [1.807, 2.05) is 58.0 Å². The van der Waals surface area contributed by atoms with E-state index >= 15 is 0 Å². The highest BCUT2D eigenvalue weighted by Crippen LogP contribution is 2.12. The first-order chi connectivity index (χ1) is 10.7. The second-order valence-electron chi connectivity index (χ2n) is 6.49. The summed E-state index contributed by atoms with van der Waals surface area (Å²) in [4.78, 5) is 17.8. The first-order valence-electron chi connectivity index (χ1n) is 7.77. The zero-order valence-corrected chi connectivity index (χ0v) is 14.7. The Balaban J connectivity index is 2.41. The molecule has 0 bridgehead atoms.